The summed E-state index contributed by atoms with van der Waals surface area (Å²) in [5.74, 6) is -0.182. The Balaban J connectivity index is 2.07. The van der Waals surface area contributed by atoms with E-state index < -0.39 is 16.8 Å². The molecule has 1 aliphatic carbocycles. The average molecular weight is 329 g/mol. The molecule has 1 aromatic rings. The molecule has 2 atom stereocenters. The maximum Gasteiger partial charge on any atom is 0.201 e. The number of β-amino-alcohol motifs (C(OH)–C–C–N with tert-alkyl or cyclic N) is 1. The molecule has 3 rings (SSSR count). The van der Waals surface area contributed by atoms with Gasteiger partial charge in [-0.05, 0) is 30.7 Å². The van der Waals surface area contributed by atoms with Crippen molar-refractivity contribution in [1.82, 2.24) is 4.90 Å². The molecule has 0 radical (unpaired) electrons. The van der Waals surface area contributed by atoms with Gasteiger partial charge in [-0.25, -0.2) is 0 Å². The molecule has 5 heteroatoms. The molecule has 1 aliphatic heterocycles. The number of ether oxygens (including phenoxy) is 1. The van der Waals surface area contributed by atoms with Crippen molar-refractivity contribution in [3.8, 4) is 5.75 Å². The number of fused-ring (bicyclic) bond motifs is 1. The van der Waals surface area contributed by atoms with Gasteiger partial charge in [0.1, 0.15) is 5.75 Å². The Morgan fingerprint density at radius 1 is 1.33 bits per heavy atom. The van der Waals surface area contributed by atoms with Gasteiger partial charge in [-0.15, -0.1) is 6.58 Å². The first-order chi connectivity index (χ1) is 11.4. The monoisotopic (exact) mass is 329 g/mol. The van der Waals surface area contributed by atoms with E-state index in [1.54, 1.807) is 13.2 Å². The summed E-state index contributed by atoms with van der Waals surface area (Å²) in [5.41, 5.74) is -1.14. The van der Waals surface area contributed by atoms with E-state index in [4.69, 9.17) is 4.74 Å². The number of nitrogens with zero attached hydrogens (tertiary/aromatic N) is 1. The Kier molecular flexibility index (Phi) is 4.32. The molecule has 2 unspecified atom stereocenters. The summed E-state index contributed by atoms with van der Waals surface area (Å²) < 4.78 is 5.31. The maximum atomic E-state index is 12.2. The summed E-state index contributed by atoms with van der Waals surface area (Å²) in [4.78, 5) is 26.3. The first kappa shape index (κ1) is 16.9. The predicted octanol–water partition coefficient (Wildman–Crippen LogP) is 1.49. The molecule has 0 bridgehead atoms. The van der Waals surface area contributed by atoms with Crippen LogP contribution in [0.1, 0.15) is 24.8 Å². The summed E-state index contributed by atoms with van der Waals surface area (Å²) in [6.45, 7) is 5.50. The fraction of sp³-hybridized carbons (Fsp3) is 0.474. The van der Waals surface area contributed by atoms with E-state index in [-0.39, 0.29) is 18.6 Å². The molecule has 1 N–H and O–H groups in total. The van der Waals surface area contributed by atoms with Crippen LogP contribution in [0, 0.1) is 0 Å². The van der Waals surface area contributed by atoms with Crippen molar-refractivity contribution < 1.29 is 19.4 Å². The molecule has 1 aromatic carbocycles. The summed E-state index contributed by atoms with van der Waals surface area (Å²) in [7, 11) is 1.59. The highest BCUT2D eigenvalue weighted by atomic mass is 16.5. The van der Waals surface area contributed by atoms with Crippen LogP contribution in [-0.4, -0.2) is 53.9 Å². The Bertz CT molecular complexity index is 686. The Hall–Kier alpha value is -1.98. The first-order valence-electron chi connectivity index (χ1n) is 8.20. The van der Waals surface area contributed by atoms with Crippen LogP contribution in [-0.2, 0) is 15.0 Å². The lowest BCUT2D eigenvalue weighted by molar-refractivity contribution is -0.159. The highest BCUT2D eigenvalue weighted by Crippen LogP contribution is 2.50. The van der Waals surface area contributed by atoms with E-state index in [1.807, 2.05) is 24.3 Å². The van der Waals surface area contributed by atoms with Crippen LogP contribution in [0.5, 0.6) is 5.75 Å². The van der Waals surface area contributed by atoms with Crippen LogP contribution >= 0.6 is 0 Å². The van der Waals surface area contributed by atoms with Crippen molar-refractivity contribution in [3.05, 3.63) is 42.5 Å². The van der Waals surface area contributed by atoms with Crippen molar-refractivity contribution in [1.29, 1.82) is 0 Å². The minimum absolute atomic E-state index is 0.0530. The van der Waals surface area contributed by atoms with Gasteiger partial charge in [-0.3, -0.25) is 14.5 Å². The highest BCUT2D eigenvalue weighted by Gasteiger charge is 2.59. The number of rotatable bonds is 4. The number of carbonyl (C=O) groups is 2. The average Bonchev–Trinajstić information content (AvgIpc) is 2.56. The quantitative estimate of drug-likeness (QED) is 0.670. The molecule has 0 spiro atoms. The molecule has 2 fully saturated rings. The highest BCUT2D eigenvalue weighted by molar-refractivity contribution is 6.38. The lowest BCUT2D eigenvalue weighted by atomic mass is 9.55. The van der Waals surface area contributed by atoms with E-state index in [0.29, 0.717) is 25.3 Å². The van der Waals surface area contributed by atoms with E-state index >= 15 is 0 Å². The molecule has 5 nitrogen and oxygen atoms in total. The van der Waals surface area contributed by atoms with Gasteiger partial charge in [0.25, 0.3) is 0 Å². The fourth-order valence-electron chi connectivity index (χ4n) is 4.17. The number of ketones is 2. The van der Waals surface area contributed by atoms with Crippen LogP contribution in [0.4, 0.5) is 0 Å². The SMILES string of the molecule is C=CCN1CCC2(c3cccc(OC)c3)CC(=O)C(=O)CC2(O)C1. The lowest BCUT2D eigenvalue weighted by Gasteiger charge is -2.55. The molecular weight excluding hydrogens is 306 g/mol. The van der Waals surface area contributed by atoms with E-state index in [1.165, 1.54) is 0 Å². The fourth-order valence-corrected chi connectivity index (χ4v) is 4.17. The number of carbonyl (C=O) groups excluding carboxylic acids is 2. The number of hydrogen-bond acceptors (Lipinski definition) is 5. The molecule has 0 amide bonds. The van der Waals surface area contributed by atoms with Gasteiger partial charge in [-0.2, -0.15) is 0 Å². The minimum Gasteiger partial charge on any atom is -0.497 e. The number of aliphatic hydroxyl groups is 1. The number of benzene rings is 1. The Labute approximate surface area is 141 Å². The molecule has 24 heavy (non-hydrogen) atoms. The first-order valence-corrected chi connectivity index (χ1v) is 8.20. The Morgan fingerprint density at radius 3 is 2.79 bits per heavy atom. The van der Waals surface area contributed by atoms with Gasteiger partial charge < -0.3 is 9.84 Å². The van der Waals surface area contributed by atoms with Crippen molar-refractivity contribution in [2.75, 3.05) is 26.7 Å². The second-order valence-electron chi connectivity index (χ2n) is 6.82. The van der Waals surface area contributed by atoms with Gasteiger partial charge in [-0.1, -0.05) is 18.2 Å². The predicted molar refractivity (Wildman–Crippen MR) is 90.1 cm³/mol. The van der Waals surface area contributed by atoms with Crippen molar-refractivity contribution >= 4 is 11.6 Å². The third-order valence-corrected chi connectivity index (χ3v) is 5.47. The summed E-state index contributed by atoms with van der Waals surface area (Å²) in [6, 6.07) is 7.49. The van der Waals surface area contributed by atoms with Gasteiger partial charge in [0.05, 0.1) is 12.7 Å². The number of hydrogen-bond donors (Lipinski definition) is 1. The largest absolute Gasteiger partial charge is 0.497 e. The zero-order valence-electron chi connectivity index (χ0n) is 14.0. The normalized spacial score (nSPS) is 30.8. The molecule has 1 heterocycles. The van der Waals surface area contributed by atoms with Gasteiger partial charge >= 0.3 is 0 Å². The van der Waals surface area contributed by atoms with Gasteiger partial charge in [0, 0.05) is 31.3 Å². The summed E-state index contributed by atoms with van der Waals surface area (Å²) in [5, 5.41) is 11.5. The summed E-state index contributed by atoms with van der Waals surface area (Å²) in [6.07, 6.45) is 2.33. The van der Waals surface area contributed by atoms with Crippen LogP contribution < -0.4 is 4.74 Å². The smallest absolute Gasteiger partial charge is 0.201 e. The van der Waals surface area contributed by atoms with Crippen molar-refractivity contribution in [2.45, 2.75) is 30.3 Å². The molecule has 2 aliphatic rings. The van der Waals surface area contributed by atoms with Gasteiger partial charge in [0.2, 0.25) is 5.78 Å². The zero-order valence-corrected chi connectivity index (χ0v) is 14.0. The standard InChI is InChI=1S/C19H23NO4/c1-3-8-20-9-7-18(14-5-4-6-15(10-14)24-2)11-16(21)17(22)12-19(18,23)13-20/h3-6,10,23H,1,7-9,11-13H2,2H3. The molecule has 128 valence electrons. The zero-order chi connectivity index (χ0) is 17.4. The third kappa shape index (κ3) is 2.58. The van der Waals surface area contributed by atoms with Crippen LogP contribution in [0.2, 0.25) is 0 Å². The van der Waals surface area contributed by atoms with Crippen molar-refractivity contribution in [2.24, 2.45) is 0 Å². The minimum atomic E-state index is -1.26. The number of piperidine rings is 1. The van der Waals surface area contributed by atoms with Crippen molar-refractivity contribution in [3.63, 3.8) is 0 Å². The summed E-state index contributed by atoms with van der Waals surface area (Å²) >= 11 is 0. The van der Waals surface area contributed by atoms with E-state index in [2.05, 4.69) is 11.5 Å². The van der Waals surface area contributed by atoms with E-state index in [0.717, 1.165) is 12.1 Å². The van der Waals surface area contributed by atoms with Gasteiger partial charge in [0.15, 0.2) is 5.78 Å². The number of likely N-dealkylation sites (tertiary alicyclic amines) is 1. The molecule has 0 aromatic heterocycles. The Morgan fingerprint density at radius 2 is 2.08 bits per heavy atom. The lowest BCUT2D eigenvalue weighted by Crippen LogP contribution is -2.67. The molecule has 1 saturated heterocycles. The second kappa shape index (κ2) is 6.15. The second-order valence-corrected chi connectivity index (χ2v) is 6.82. The molecular formula is C19H23NO4. The van der Waals surface area contributed by atoms with Crippen LogP contribution in [0.3, 0.4) is 0 Å². The number of Topliss-reactive ketones (excluding diaryl/α,β-unsaturated/α-hetero) is 2. The maximum absolute atomic E-state index is 12.2. The van der Waals surface area contributed by atoms with Crippen LogP contribution in [0.25, 0.3) is 0 Å². The van der Waals surface area contributed by atoms with Crippen LogP contribution in [0.15, 0.2) is 36.9 Å². The topological polar surface area (TPSA) is 66.8 Å². The third-order valence-electron chi connectivity index (χ3n) is 5.47. The molecule has 1 saturated carbocycles. The van der Waals surface area contributed by atoms with E-state index in [9.17, 15) is 14.7 Å². The number of methoxy groups -OCH3 is 1.